The predicted molar refractivity (Wildman–Crippen MR) is 70.2 cm³/mol. The molecule has 1 heterocycles. The number of aromatic nitrogens is 2. The van der Waals surface area contributed by atoms with Crippen LogP contribution in [-0.4, -0.2) is 17.7 Å². The van der Waals surface area contributed by atoms with Gasteiger partial charge < -0.3 is 4.35 Å². The summed E-state index contributed by atoms with van der Waals surface area (Å²) in [4.78, 5) is 0. The number of hydrogen-bond donors (Lipinski definition) is 0. The lowest BCUT2D eigenvalue weighted by Gasteiger charge is -2.15. The van der Waals surface area contributed by atoms with Gasteiger partial charge in [0.15, 0.2) is 8.24 Å². The average molecular weight is 230 g/mol. The van der Waals surface area contributed by atoms with Gasteiger partial charge >= 0.3 is 0 Å². The quantitative estimate of drug-likeness (QED) is 0.741. The minimum absolute atomic E-state index is 0.977. The van der Waals surface area contributed by atoms with Crippen LogP contribution in [0, 0.1) is 0 Å². The second-order valence-electron chi connectivity index (χ2n) is 5.13. The second-order valence-corrected chi connectivity index (χ2v) is 9.93. The van der Waals surface area contributed by atoms with Gasteiger partial charge in [-0.15, -0.1) is 0 Å². The Morgan fingerprint density at radius 2 is 1.75 bits per heavy atom. The molecule has 2 rings (SSSR count). The van der Waals surface area contributed by atoms with Crippen LogP contribution >= 0.6 is 0 Å². The van der Waals surface area contributed by atoms with Crippen LogP contribution in [-0.2, 0) is 6.42 Å². The van der Waals surface area contributed by atoms with Crippen LogP contribution in [0.2, 0.25) is 19.6 Å². The molecule has 16 heavy (non-hydrogen) atoms. The Morgan fingerprint density at radius 3 is 2.31 bits per heavy atom. The molecule has 0 saturated carbocycles. The van der Waals surface area contributed by atoms with Gasteiger partial charge in [0.05, 0.1) is 6.20 Å². The van der Waals surface area contributed by atoms with Crippen LogP contribution in [0.4, 0.5) is 0 Å². The molecule has 0 N–H and O–H groups in total. The van der Waals surface area contributed by atoms with Crippen LogP contribution in [0.5, 0.6) is 0 Å². The monoisotopic (exact) mass is 230 g/mol. The molecular formula is C13H18N2Si. The fraction of sp³-hybridized carbons (Fsp3) is 0.308. The smallest absolute Gasteiger partial charge is 0.175 e. The zero-order valence-electron chi connectivity index (χ0n) is 10.1. The van der Waals surface area contributed by atoms with Gasteiger partial charge in [0.2, 0.25) is 0 Å². The van der Waals surface area contributed by atoms with Crippen molar-refractivity contribution in [2.45, 2.75) is 26.1 Å². The number of benzene rings is 1. The van der Waals surface area contributed by atoms with Gasteiger partial charge in [-0.05, 0) is 30.8 Å². The molecule has 0 radical (unpaired) electrons. The zero-order chi connectivity index (χ0) is 11.6. The lowest BCUT2D eigenvalue weighted by molar-refractivity contribution is 0.933. The van der Waals surface area contributed by atoms with Crippen molar-refractivity contribution in [1.82, 2.24) is 9.45 Å². The number of rotatable bonds is 3. The van der Waals surface area contributed by atoms with Crippen molar-refractivity contribution >= 4 is 8.24 Å². The molecular weight excluding hydrogens is 212 g/mol. The summed E-state index contributed by atoms with van der Waals surface area (Å²) in [6, 6.07) is 10.5. The first-order valence-corrected chi connectivity index (χ1v) is 9.08. The molecule has 0 spiro atoms. The third kappa shape index (κ3) is 2.61. The largest absolute Gasteiger partial charge is 0.302 e. The normalized spacial score (nSPS) is 11.7. The summed E-state index contributed by atoms with van der Waals surface area (Å²) in [5.74, 6) is 0. The van der Waals surface area contributed by atoms with Gasteiger partial charge in [0, 0.05) is 12.6 Å². The van der Waals surface area contributed by atoms with Crippen molar-refractivity contribution in [2.24, 2.45) is 0 Å². The fourth-order valence-corrected chi connectivity index (χ4v) is 2.61. The zero-order valence-corrected chi connectivity index (χ0v) is 11.1. The maximum Gasteiger partial charge on any atom is 0.175 e. The van der Waals surface area contributed by atoms with Gasteiger partial charge in [0.1, 0.15) is 0 Å². The summed E-state index contributed by atoms with van der Waals surface area (Å²) in [5, 5.41) is 4.46. The van der Waals surface area contributed by atoms with E-state index in [-0.39, 0.29) is 0 Å². The van der Waals surface area contributed by atoms with Crippen molar-refractivity contribution in [1.29, 1.82) is 0 Å². The van der Waals surface area contributed by atoms with E-state index in [2.05, 4.69) is 65.6 Å². The Labute approximate surface area is 98.0 Å². The maximum absolute atomic E-state index is 4.46. The molecule has 84 valence electrons. The average Bonchev–Trinajstić information content (AvgIpc) is 2.67. The molecule has 1 aromatic heterocycles. The van der Waals surface area contributed by atoms with Crippen molar-refractivity contribution in [3.05, 3.63) is 53.9 Å². The molecule has 0 aliphatic heterocycles. The van der Waals surface area contributed by atoms with Crippen molar-refractivity contribution in [2.75, 3.05) is 0 Å². The van der Waals surface area contributed by atoms with Crippen LogP contribution < -0.4 is 0 Å². The standard InChI is InChI=1S/C13H18N2Si/c1-16(2,3)15-11-13(10-14-15)9-12-7-5-4-6-8-12/h4-8,10-11H,9H2,1-3H3. The highest BCUT2D eigenvalue weighted by atomic mass is 28.3. The minimum Gasteiger partial charge on any atom is -0.302 e. The minimum atomic E-state index is -1.32. The van der Waals surface area contributed by atoms with Crippen LogP contribution in [0.1, 0.15) is 11.1 Å². The molecule has 0 amide bonds. The summed E-state index contributed by atoms with van der Waals surface area (Å²) in [6.07, 6.45) is 5.16. The van der Waals surface area contributed by atoms with E-state index in [0.29, 0.717) is 0 Å². The Kier molecular flexibility index (Phi) is 2.96. The third-order valence-electron chi connectivity index (χ3n) is 2.57. The molecule has 3 heteroatoms. The third-order valence-corrected chi connectivity index (χ3v) is 4.19. The van der Waals surface area contributed by atoms with E-state index in [0.717, 1.165) is 6.42 Å². The van der Waals surface area contributed by atoms with Crippen LogP contribution in [0.25, 0.3) is 0 Å². The molecule has 0 unspecified atom stereocenters. The SMILES string of the molecule is C[Si](C)(C)n1cc(Cc2ccccc2)cn1. The molecule has 2 aromatic rings. The highest BCUT2D eigenvalue weighted by Gasteiger charge is 2.17. The van der Waals surface area contributed by atoms with Gasteiger partial charge in [-0.1, -0.05) is 30.3 Å². The van der Waals surface area contributed by atoms with E-state index >= 15 is 0 Å². The lowest BCUT2D eigenvalue weighted by atomic mass is 10.1. The van der Waals surface area contributed by atoms with Gasteiger partial charge in [-0.25, -0.2) is 0 Å². The first-order chi connectivity index (χ1) is 7.55. The summed E-state index contributed by atoms with van der Waals surface area (Å²) in [7, 11) is -1.32. The highest BCUT2D eigenvalue weighted by molar-refractivity contribution is 6.74. The molecule has 0 saturated heterocycles. The Balaban J connectivity index is 2.15. The van der Waals surface area contributed by atoms with Gasteiger partial charge in [-0.3, -0.25) is 0 Å². The molecule has 2 nitrogen and oxygen atoms in total. The Hall–Kier alpha value is -1.35. The first-order valence-electron chi connectivity index (χ1n) is 5.64. The fourth-order valence-electron chi connectivity index (χ4n) is 1.65. The van der Waals surface area contributed by atoms with E-state index in [9.17, 15) is 0 Å². The topological polar surface area (TPSA) is 17.8 Å². The van der Waals surface area contributed by atoms with Crippen LogP contribution in [0.3, 0.4) is 0 Å². The van der Waals surface area contributed by atoms with Crippen LogP contribution in [0.15, 0.2) is 42.7 Å². The molecule has 0 bridgehead atoms. The van der Waals surface area contributed by atoms with E-state index < -0.39 is 8.24 Å². The maximum atomic E-state index is 4.46. The van der Waals surface area contributed by atoms with Gasteiger partial charge in [-0.2, -0.15) is 5.10 Å². The number of hydrogen-bond acceptors (Lipinski definition) is 1. The van der Waals surface area contributed by atoms with Crippen molar-refractivity contribution in [3.8, 4) is 0 Å². The summed E-state index contributed by atoms with van der Waals surface area (Å²) >= 11 is 0. The molecule has 1 aromatic carbocycles. The molecule has 0 aliphatic rings. The second kappa shape index (κ2) is 4.26. The van der Waals surface area contributed by atoms with Gasteiger partial charge in [0.25, 0.3) is 0 Å². The van der Waals surface area contributed by atoms with Crippen molar-refractivity contribution in [3.63, 3.8) is 0 Å². The highest BCUT2D eigenvalue weighted by Crippen LogP contribution is 2.11. The van der Waals surface area contributed by atoms with Crippen molar-refractivity contribution < 1.29 is 0 Å². The van der Waals surface area contributed by atoms with E-state index in [1.165, 1.54) is 11.1 Å². The summed E-state index contributed by atoms with van der Waals surface area (Å²) in [5.41, 5.74) is 2.64. The molecule has 0 aliphatic carbocycles. The summed E-state index contributed by atoms with van der Waals surface area (Å²) < 4.78 is 2.16. The number of nitrogens with zero attached hydrogens (tertiary/aromatic N) is 2. The predicted octanol–water partition coefficient (Wildman–Crippen LogP) is 3.16. The molecule has 0 atom stereocenters. The lowest BCUT2D eigenvalue weighted by Crippen LogP contribution is -2.32. The van der Waals surface area contributed by atoms with E-state index in [1.807, 2.05) is 6.20 Å². The van der Waals surface area contributed by atoms with E-state index in [1.54, 1.807) is 0 Å². The van der Waals surface area contributed by atoms with E-state index in [4.69, 9.17) is 0 Å². The summed E-state index contributed by atoms with van der Waals surface area (Å²) in [6.45, 7) is 6.89. The molecule has 0 fully saturated rings. The first kappa shape index (κ1) is 11.1. The Bertz CT molecular complexity index is 454. The Morgan fingerprint density at radius 1 is 1.06 bits per heavy atom.